The SMILES string of the molecule is CC1(c2cccnc2)CCCN1. The number of pyridine rings is 1. The first-order valence-corrected chi connectivity index (χ1v) is 4.47. The molecule has 0 bridgehead atoms. The zero-order chi connectivity index (χ0) is 8.44. The third-order valence-electron chi connectivity index (χ3n) is 2.67. The fraction of sp³-hybridized carbons (Fsp3) is 0.500. The Balaban J connectivity index is 2.29. The van der Waals surface area contributed by atoms with Gasteiger partial charge in [0.25, 0.3) is 0 Å². The minimum atomic E-state index is 0.175. The minimum Gasteiger partial charge on any atom is -0.308 e. The van der Waals surface area contributed by atoms with Gasteiger partial charge in [-0.2, -0.15) is 0 Å². The average Bonchev–Trinajstić information content (AvgIpc) is 2.55. The summed E-state index contributed by atoms with van der Waals surface area (Å²) in [5, 5.41) is 3.51. The molecule has 1 fully saturated rings. The van der Waals surface area contributed by atoms with E-state index in [9.17, 15) is 0 Å². The standard InChI is InChI=1S/C10H14N2/c1-10(5-3-7-12-10)9-4-2-6-11-8-9/h2,4,6,8,12H,3,5,7H2,1H3. The predicted molar refractivity (Wildman–Crippen MR) is 48.8 cm³/mol. The van der Waals surface area contributed by atoms with E-state index in [4.69, 9.17) is 0 Å². The summed E-state index contributed by atoms with van der Waals surface area (Å²) in [6, 6.07) is 4.14. The predicted octanol–water partition coefficient (Wildman–Crippen LogP) is 1.68. The van der Waals surface area contributed by atoms with Crippen molar-refractivity contribution in [1.29, 1.82) is 0 Å². The van der Waals surface area contributed by atoms with Crippen LogP contribution >= 0.6 is 0 Å². The van der Waals surface area contributed by atoms with Gasteiger partial charge in [0.15, 0.2) is 0 Å². The van der Waals surface area contributed by atoms with E-state index < -0.39 is 0 Å². The number of nitrogens with zero attached hydrogens (tertiary/aromatic N) is 1. The molecule has 1 aliphatic rings. The van der Waals surface area contributed by atoms with Crippen LogP contribution in [0.15, 0.2) is 24.5 Å². The third-order valence-corrected chi connectivity index (χ3v) is 2.67. The molecule has 1 N–H and O–H groups in total. The number of aromatic nitrogens is 1. The first kappa shape index (κ1) is 7.74. The van der Waals surface area contributed by atoms with Crippen molar-refractivity contribution in [2.24, 2.45) is 0 Å². The Hall–Kier alpha value is -0.890. The molecule has 0 saturated carbocycles. The number of hydrogen-bond donors (Lipinski definition) is 1. The van der Waals surface area contributed by atoms with E-state index in [1.807, 2.05) is 18.5 Å². The molecule has 1 aromatic rings. The largest absolute Gasteiger partial charge is 0.308 e. The van der Waals surface area contributed by atoms with Gasteiger partial charge in [-0.05, 0) is 37.9 Å². The molecule has 1 saturated heterocycles. The summed E-state index contributed by atoms with van der Waals surface area (Å²) in [7, 11) is 0. The highest BCUT2D eigenvalue weighted by atomic mass is 15.0. The van der Waals surface area contributed by atoms with Crippen molar-refractivity contribution in [2.45, 2.75) is 25.3 Å². The smallest absolute Gasteiger partial charge is 0.0421 e. The molecule has 1 atom stereocenters. The second-order valence-electron chi connectivity index (χ2n) is 3.60. The van der Waals surface area contributed by atoms with Crippen LogP contribution in [-0.2, 0) is 5.54 Å². The fourth-order valence-corrected chi connectivity index (χ4v) is 1.83. The molecule has 1 aromatic heterocycles. The minimum absolute atomic E-state index is 0.175. The highest BCUT2D eigenvalue weighted by Gasteiger charge is 2.29. The van der Waals surface area contributed by atoms with Gasteiger partial charge in [0.1, 0.15) is 0 Å². The maximum Gasteiger partial charge on any atom is 0.0421 e. The molecular weight excluding hydrogens is 148 g/mol. The van der Waals surface area contributed by atoms with E-state index in [0.717, 1.165) is 6.54 Å². The van der Waals surface area contributed by atoms with Gasteiger partial charge >= 0.3 is 0 Å². The first-order valence-electron chi connectivity index (χ1n) is 4.47. The average molecular weight is 162 g/mol. The van der Waals surface area contributed by atoms with E-state index in [-0.39, 0.29) is 5.54 Å². The molecule has 0 aromatic carbocycles. The summed E-state index contributed by atoms with van der Waals surface area (Å²) in [5.41, 5.74) is 1.48. The van der Waals surface area contributed by atoms with Crippen molar-refractivity contribution >= 4 is 0 Å². The number of rotatable bonds is 1. The maximum atomic E-state index is 4.13. The molecule has 2 heterocycles. The fourth-order valence-electron chi connectivity index (χ4n) is 1.83. The van der Waals surface area contributed by atoms with Gasteiger partial charge in [-0.15, -0.1) is 0 Å². The lowest BCUT2D eigenvalue weighted by Crippen LogP contribution is -2.33. The lowest BCUT2D eigenvalue weighted by molar-refractivity contribution is 0.433. The van der Waals surface area contributed by atoms with Crippen LogP contribution in [0, 0.1) is 0 Å². The Kier molecular flexibility index (Phi) is 1.85. The summed E-state index contributed by atoms with van der Waals surface area (Å²) >= 11 is 0. The normalized spacial score (nSPS) is 29.1. The van der Waals surface area contributed by atoms with Gasteiger partial charge in [0, 0.05) is 17.9 Å². The molecule has 1 aliphatic heterocycles. The monoisotopic (exact) mass is 162 g/mol. The molecule has 12 heavy (non-hydrogen) atoms. The molecule has 0 spiro atoms. The molecule has 0 amide bonds. The van der Waals surface area contributed by atoms with Crippen LogP contribution in [-0.4, -0.2) is 11.5 Å². The summed E-state index contributed by atoms with van der Waals surface area (Å²) in [5.74, 6) is 0. The van der Waals surface area contributed by atoms with E-state index in [1.54, 1.807) is 0 Å². The van der Waals surface area contributed by atoms with Crippen molar-refractivity contribution in [3.63, 3.8) is 0 Å². The van der Waals surface area contributed by atoms with Gasteiger partial charge < -0.3 is 5.32 Å². The van der Waals surface area contributed by atoms with Crippen molar-refractivity contribution in [3.05, 3.63) is 30.1 Å². The van der Waals surface area contributed by atoms with Gasteiger partial charge in [-0.1, -0.05) is 6.07 Å². The maximum absolute atomic E-state index is 4.13. The van der Waals surface area contributed by atoms with Gasteiger partial charge in [-0.3, -0.25) is 4.98 Å². The summed E-state index contributed by atoms with van der Waals surface area (Å²) < 4.78 is 0. The Morgan fingerprint density at radius 1 is 1.58 bits per heavy atom. The lowest BCUT2D eigenvalue weighted by Gasteiger charge is -2.24. The highest BCUT2D eigenvalue weighted by Crippen LogP contribution is 2.29. The molecule has 2 heteroatoms. The quantitative estimate of drug-likeness (QED) is 0.679. The molecule has 2 nitrogen and oxygen atoms in total. The van der Waals surface area contributed by atoms with Gasteiger partial charge in [0.2, 0.25) is 0 Å². The van der Waals surface area contributed by atoms with Crippen LogP contribution in [0.4, 0.5) is 0 Å². The zero-order valence-corrected chi connectivity index (χ0v) is 7.38. The zero-order valence-electron chi connectivity index (χ0n) is 7.38. The summed E-state index contributed by atoms with van der Waals surface area (Å²) in [6.07, 6.45) is 6.27. The van der Waals surface area contributed by atoms with E-state index in [0.29, 0.717) is 0 Å². The lowest BCUT2D eigenvalue weighted by atomic mass is 9.92. The molecule has 1 unspecified atom stereocenters. The number of hydrogen-bond acceptors (Lipinski definition) is 2. The van der Waals surface area contributed by atoms with Crippen molar-refractivity contribution in [2.75, 3.05) is 6.54 Å². The van der Waals surface area contributed by atoms with E-state index in [2.05, 4.69) is 23.3 Å². The summed E-state index contributed by atoms with van der Waals surface area (Å²) in [6.45, 7) is 3.38. The Labute approximate surface area is 73.0 Å². The molecule has 0 radical (unpaired) electrons. The van der Waals surface area contributed by atoms with Crippen LogP contribution in [0.5, 0.6) is 0 Å². The molecule has 64 valence electrons. The Morgan fingerprint density at radius 3 is 3.08 bits per heavy atom. The van der Waals surface area contributed by atoms with E-state index >= 15 is 0 Å². The van der Waals surface area contributed by atoms with Crippen LogP contribution in [0.25, 0.3) is 0 Å². The van der Waals surface area contributed by atoms with Crippen molar-refractivity contribution < 1.29 is 0 Å². The third kappa shape index (κ3) is 1.23. The summed E-state index contributed by atoms with van der Waals surface area (Å²) in [4.78, 5) is 4.13. The molecular formula is C10H14N2. The van der Waals surface area contributed by atoms with Crippen LogP contribution in [0.1, 0.15) is 25.3 Å². The second-order valence-corrected chi connectivity index (χ2v) is 3.60. The van der Waals surface area contributed by atoms with Gasteiger partial charge in [-0.25, -0.2) is 0 Å². The van der Waals surface area contributed by atoms with Crippen molar-refractivity contribution in [1.82, 2.24) is 10.3 Å². The van der Waals surface area contributed by atoms with Crippen LogP contribution in [0.2, 0.25) is 0 Å². The topological polar surface area (TPSA) is 24.9 Å². The van der Waals surface area contributed by atoms with Gasteiger partial charge in [0.05, 0.1) is 0 Å². The molecule has 0 aliphatic carbocycles. The highest BCUT2D eigenvalue weighted by molar-refractivity contribution is 5.20. The number of nitrogens with one attached hydrogen (secondary N) is 1. The van der Waals surface area contributed by atoms with Crippen LogP contribution in [0.3, 0.4) is 0 Å². The van der Waals surface area contributed by atoms with E-state index in [1.165, 1.54) is 18.4 Å². The first-order chi connectivity index (χ1) is 5.81. The van der Waals surface area contributed by atoms with Crippen molar-refractivity contribution in [3.8, 4) is 0 Å². The Bertz CT molecular complexity index is 250. The second kappa shape index (κ2) is 2.87. The van der Waals surface area contributed by atoms with Crippen LogP contribution < -0.4 is 5.32 Å². The molecule has 2 rings (SSSR count). The Morgan fingerprint density at radius 2 is 2.50 bits per heavy atom.